The molecular weight excluding hydrogens is 489 g/mol. The normalized spacial score (nSPS) is 14.7. The molecule has 0 spiro atoms. The Morgan fingerprint density at radius 2 is 1.48 bits per heavy atom. The van der Waals surface area contributed by atoms with E-state index in [2.05, 4.69) is 19.1 Å². The molecule has 0 aliphatic heterocycles. The highest BCUT2D eigenvalue weighted by Crippen LogP contribution is 2.30. The maximum atomic E-state index is 11.9. The van der Waals surface area contributed by atoms with Crippen LogP contribution >= 0.6 is 41.7 Å². The van der Waals surface area contributed by atoms with Gasteiger partial charge >= 0.3 is 11.4 Å². The van der Waals surface area contributed by atoms with E-state index in [1.54, 1.807) is 13.8 Å². The third kappa shape index (κ3) is 8.73. The first-order valence-corrected chi connectivity index (χ1v) is 15.6. The second-order valence-electron chi connectivity index (χ2n) is 8.45. The molecule has 168 valence electrons. The van der Waals surface area contributed by atoms with E-state index in [0.29, 0.717) is 5.78 Å². The second-order valence-corrected chi connectivity index (χ2v) is 15.8. The molecule has 0 amide bonds. The first-order valence-electron chi connectivity index (χ1n) is 10.0. The van der Waals surface area contributed by atoms with Gasteiger partial charge in [-0.2, -0.15) is 0 Å². The highest BCUT2D eigenvalue weighted by molar-refractivity contribution is 7.54. The van der Waals surface area contributed by atoms with E-state index in [1.165, 1.54) is 11.1 Å². The van der Waals surface area contributed by atoms with Crippen molar-refractivity contribution in [3.05, 3.63) is 69.3 Å². The van der Waals surface area contributed by atoms with Crippen molar-refractivity contribution in [1.82, 2.24) is 0 Å². The van der Waals surface area contributed by atoms with Gasteiger partial charge in [0.15, 0.2) is 11.6 Å². The van der Waals surface area contributed by atoms with Crippen molar-refractivity contribution in [1.29, 1.82) is 0 Å². The van der Waals surface area contributed by atoms with Gasteiger partial charge in [-0.25, -0.2) is 30.1 Å². The molecule has 2 aromatic carbocycles. The van der Waals surface area contributed by atoms with Crippen molar-refractivity contribution in [3.8, 4) is 0 Å². The fourth-order valence-electron chi connectivity index (χ4n) is 3.63. The van der Waals surface area contributed by atoms with E-state index in [1.807, 2.05) is 45.9 Å². The van der Waals surface area contributed by atoms with Crippen molar-refractivity contribution < 1.29 is 9.59 Å². The van der Waals surface area contributed by atoms with Gasteiger partial charge in [0.05, 0.1) is 0 Å². The molecule has 0 saturated heterocycles. The topological polar surface area (TPSA) is 34.1 Å². The minimum absolute atomic E-state index is 0.0170. The Kier molecular flexibility index (Phi) is 11.1. The summed E-state index contributed by atoms with van der Waals surface area (Å²) in [4.78, 5) is 22.8. The Labute approximate surface area is 208 Å². The number of carbonyl (C=O) groups excluding carboxylic acids is 2. The Bertz CT molecular complexity index is 947. The van der Waals surface area contributed by atoms with Gasteiger partial charge < -0.3 is 0 Å². The van der Waals surface area contributed by atoms with Crippen molar-refractivity contribution in [2.45, 2.75) is 59.8 Å². The lowest BCUT2D eigenvalue weighted by atomic mass is 9.95. The molecule has 31 heavy (non-hydrogen) atoms. The van der Waals surface area contributed by atoms with Crippen LogP contribution in [0.5, 0.6) is 0 Å². The molecule has 1 unspecified atom stereocenters. The maximum absolute atomic E-state index is 11.9. The van der Waals surface area contributed by atoms with Crippen LogP contribution in [0.15, 0.2) is 30.3 Å². The summed E-state index contributed by atoms with van der Waals surface area (Å²) in [5.41, 5.74) is 7.50. The Hall–Kier alpha value is -0.528. The lowest BCUT2D eigenvalue weighted by Gasteiger charge is -2.15. The van der Waals surface area contributed by atoms with Crippen LogP contribution in [0.25, 0.3) is 0 Å². The molecule has 0 saturated carbocycles. The summed E-state index contributed by atoms with van der Waals surface area (Å²) in [6.07, 6.45) is 0.927. The number of carbonyl (C=O) groups is 2. The van der Waals surface area contributed by atoms with Gasteiger partial charge in [-0.05, 0) is 64.7 Å². The van der Waals surface area contributed by atoms with Gasteiger partial charge in [-0.15, -0.1) is 11.6 Å². The van der Waals surface area contributed by atoms with Gasteiger partial charge in [0.25, 0.3) is 0 Å². The van der Waals surface area contributed by atoms with Crippen molar-refractivity contribution in [2.75, 3.05) is 0 Å². The van der Waals surface area contributed by atoms with Crippen molar-refractivity contribution in [2.24, 2.45) is 5.92 Å². The van der Waals surface area contributed by atoms with Crippen LogP contribution in [0.3, 0.4) is 0 Å². The Morgan fingerprint density at radius 1 is 0.968 bits per heavy atom. The highest BCUT2D eigenvalue weighted by Gasteiger charge is 2.28. The summed E-state index contributed by atoms with van der Waals surface area (Å²) in [6.45, 7) is 13.5. The first kappa shape index (κ1) is 28.5. The molecule has 2 aromatic rings. The zero-order valence-corrected chi connectivity index (χ0v) is 23.3. The number of fused-ring (bicyclic) bond motifs is 1. The summed E-state index contributed by atoms with van der Waals surface area (Å²) in [5.74, 6) is 0.500. The molecule has 0 heterocycles. The smallest absolute Gasteiger partial charge is 0.294 e. The van der Waals surface area contributed by atoms with Crippen LogP contribution in [0, 0.1) is 33.6 Å². The van der Waals surface area contributed by atoms with Gasteiger partial charge in [0.2, 0.25) is 0 Å². The fourth-order valence-corrected chi connectivity index (χ4v) is 3.73. The molecule has 0 radical (unpaired) electrons. The van der Waals surface area contributed by atoms with Crippen LogP contribution in [0.2, 0.25) is 0 Å². The van der Waals surface area contributed by atoms with Gasteiger partial charge in [0.1, 0.15) is 4.87 Å². The van der Waals surface area contributed by atoms with E-state index in [0.717, 1.165) is 34.2 Å². The largest absolute Gasteiger partial charge is 0.643 e. The van der Waals surface area contributed by atoms with Crippen molar-refractivity contribution in [3.63, 3.8) is 0 Å². The lowest BCUT2D eigenvalue weighted by Crippen LogP contribution is -2.25. The number of hydrogen-bond donors (Lipinski definition) is 0. The van der Waals surface area contributed by atoms with Crippen molar-refractivity contribution >= 4 is 64.7 Å². The summed E-state index contributed by atoms with van der Waals surface area (Å²) in [6, 6.07) is 10.0. The number of ketones is 2. The third-order valence-electron chi connectivity index (χ3n) is 4.95. The van der Waals surface area contributed by atoms with Crippen LogP contribution < -0.4 is 0 Å². The number of benzene rings is 2. The minimum atomic E-state index is -1.72. The summed E-state index contributed by atoms with van der Waals surface area (Å²) in [5, 5.41) is 0. The standard InChI is InChI=1S/C12H15ClO.C12H14O.Al.3ClH/c1-8-5-6-10(9(2)7-8)11(14)12(3,4)13;1-7-4-8(2)11-10(5-7)6-9(3)12(11)13;;;;/h5-7H,1-4H3;4-5,9H,6H2,1-3H3;;3*1H/q;;+3;;;/p-3. The van der Waals surface area contributed by atoms with E-state index >= 15 is 0 Å². The maximum Gasteiger partial charge on any atom is 0.643 e. The predicted molar refractivity (Wildman–Crippen MR) is 137 cm³/mol. The lowest BCUT2D eigenvalue weighted by molar-refractivity contribution is 0.0941. The van der Waals surface area contributed by atoms with Gasteiger partial charge in [-0.3, -0.25) is 9.59 Å². The molecule has 1 atom stereocenters. The van der Waals surface area contributed by atoms with E-state index in [-0.39, 0.29) is 11.7 Å². The number of Topliss-reactive ketones (excluding diaryl/α,β-unsaturated/α-hetero) is 2. The first-order chi connectivity index (χ1) is 14.1. The number of halogens is 4. The number of alkyl halides is 1. The number of hydrogen-bond acceptors (Lipinski definition) is 2. The average molecular weight is 518 g/mol. The van der Waals surface area contributed by atoms with Crippen LogP contribution in [-0.2, 0) is 6.42 Å². The second kappa shape index (κ2) is 12.1. The minimum Gasteiger partial charge on any atom is -0.294 e. The third-order valence-corrected chi connectivity index (χ3v) is 5.12. The van der Waals surface area contributed by atoms with Gasteiger partial charge in [-0.1, -0.05) is 48.4 Å². The average Bonchev–Trinajstić information content (AvgIpc) is 2.87. The Morgan fingerprint density at radius 3 is 1.97 bits per heavy atom. The van der Waals surface area contributed by atoms with Gasteiger partial charge in [0, 0.05) is 17.0 Å². The molecule has 0 N–H and O–H groups in total. The SMILES string of the molecule is Cc1cc(C)c2c(c1)CC(C)C2=O.Cc1ccc(C(=O)C(C)(C)Cl)c(C)c1.[Cl][Al]([Cl])[Cl]. The molecule has 1 aliphatic carbocycles. The summed E-state index contributed by atoms with van der Waals surface area (Å²) < 4.78 is 0. The summed E-state index contributed by atoms with van der Waals surface area (Å²) in [7, 11) is 14.8. The summed E-state index contributed by atoms with van der Waals surface area (Å²) >= 11 is 4.26. The molecule has 7 heteroatoms. The molecule has 1 aliphatic rings. The monoisotopic (exact) mass is 516 g/mol. The predicted octanol–water partition coefficient (Wildman–Crippen LogP) is 7.87. The fraction of sp³-hybridized carbons (Fsp3) is 0.417. The molecule has 0 fully saturated rings. The number of rotatable bonds is 2. The molecule has 0 aromatic heterocycles. The quantitative estimate of drug-likeness (QED) is 0.230. The zero-order valence-electron chi connectivity index (χ0n) is 19.1. The molecule has 0 bridgehead atoms. The molecule has 3 rings (SSSR count). The van der Waals surface area contributed by atoms with Crippen LogP contribution in [-0.4, -0.2) is 27.8 Å². The highest BCUT2D eigenvalue weighted by atomic mass is 35.8. The van der Waals surface area contributed by atoms with Crippen LogP contribution in [0.4, 0.5) is 0 Å². The van der Waals surface area contributed by atoms with E-state index < -0.39 is 16.3 Å². The molecular formula is C24H29AlCl4O2. The van der Waals surface area contributed by atoms with E-state index in [9.17, 15) is 9.59 Å². The zero-order chi connectivity index (χ0) is 24.1. The van der Waals surface area contributed by atoms with Crippen LogP contribution in [0.1, 0.15) is 69.3 Å². The Balaban J connectivity index is 0.000000265. The van der Waals surface area contributed by atoms with E-state index in [4.69, 9.17) is 41.7 Å². The number of aryl methyl sites for hydroxylation is 4. The molecule has 2 nitrogen and oxygen atoms in total.